The van der Waals surface area contributed by atoms with Gasteiger partial charge in [-0.05, 0) is 40.2 Å². The highest BCUT2D eigenvalue weighted by molar-refractivity contribution is 9.10. The van der Waals surface area contributed by atoms with Crippen molar-refractivity contribution >= 4 is 33.7 Å². The molecule has 0 fully saturated rings. The van der Waals surface area contributed by atoms with Gasteiger partial charge in [-0.1, -0.05) is 0 Å². The first-order valence-corrected chi connectivity index (χ1v) is 7.21. The van der Waals surface area contributed by atoms with Crippen LogP contribution in [0.3, 0.4) is 0 Å². The number of ether oxygens (including phenoxy) is 2. The Bertz CT molecular complexity index is 714. The molecule has 7 nitrogen and oxygen atoms in total. The SMILES string of the molecule is O=C(CNc1ccc2c(c1)OCO2)NN=Cc1ccc(Br)o1. The molecule has 114 valence electrons. The van der Waals surface area contributed by atoms with Crippen LogP contribution in [0.15, 0.2) is 44.5 Å². The van der Waals surface area contributed by atoms with Crippen LogP contribution in [0.5, 0.6) is 11.5 Å². The third kappa shape index (κ3) is 3.59. The number of hydrazone groups is 1. The predicted octanol–water partition coefficient (Wildman–Crippen LogP) is 2.33. The average molecular weight is 366 g/mol. The second-order valence-corrected chi connectivity index (χ2v) is 5.14. The second-order valence-electron chi connectivity index (χ2n) is 4.36. The molecule has 0 spiro atoms. The number of carbonyl (C=O) groups is 1. The molecule has 0 atom stereocenters. The molecule has 2 aromatic rings. The summed E-state index contributed by atoms with van der Waals surface area (Å²) in [7, 11) is 0. The van der Waals surface area contributed by atoms with E-state index in [0.717, 1.165) is 5.69 Å². The van der Waals surface area contributed by atoms with Crippen molar-refractivity contribution in [2.45, 2.75) is 0 Å². The van der Waals surface area contributed by atoms with E-state index < -0.39 is 0 Å². The van der Waals surface area contributed by atoms with Gasteiger partial charge in [-0.3, -0.25) is 4.79 Å². The quantitative estimate of drug-likeness (QED) is 0.627. The third-order valence-electron chi connectivity index (χ3n) is 2.80. The molecule has 3 rings (SSSR count). The van der Waals surface area contributed by atoms with E-state index in [0.29, 0.717) is 21.9 Å². The Kier molecular flexibility index (Phi) is 4.29. The molecule has 1 aliphatic heterocycles. The Morgan fingerprint density at radius 3 is 2.95 bits per heavy atom. The number of hydrogen-bond acceptors (Lipinski definition) is 6. The van der Waals surface area contributed by atoms with Gasteiger partial charge in [-0.25, -0.2) is 5.43 Å². The number of hydrogen-bond donors (Lipinski definition) is 2. The molecule has 2 N–H and O–H groups in total. The zero-order chi connectivity index (χ0) is 15.4. The van der Waals surface area contributed by atoms with E-state index in [4.69, 9.17) is 13.9 Å². The van der Waals surface area contributed by atoms with Crippen LogP contribution >= 0.6 is 15.9 Å². The van der Waals surface area contributed by atoms with Gasteiger partial charge in [-0.2, -0.15) is 5.10 Å². The molecule has 1 aliphatic rings. The van der Waals surface area contributed by atoms with Crippen molar-refractivity contribution in [3.05, 3.63) is 40.8 Å². The standard InChI is InChI=1S/C14H12BrN3O4/c15-13-4-2-10(22-13)6-17-18-14(19)7-16-9-1-3-11-12(5-9)21-8-20-11/h1-6,16H,7-8H2,(H,18,19). The Morgan fingerprint density at radius 2 is 2.14 bits per heavy atom. The molecule has 0 aliphatic carbocycles. The lowest BCUT2D eigenvalue weighted by molar-refractivity contribution is -0.119. The normalized spacial score (nSPS) is 12.6. The number of fused-ring (bicyclic) bond motifs is 1. The van der Waals surface area contributed by atoms with Gasteiger partial charge in [0, 0.05) is 11.8 Å². The van der Waals surface area contributed by atoms with Crippen LogP contribution in [-0.2, 0) is 4.79 Å². The summed E-state index contributed by atoms with van der Waals surface area (Å²) in [5.41, 5.74) is 3.16. The van der Waals surface area contributed by atoms with Crippen molar-refractivity contribution < 1.29 is 18.7 Å². The first kappa shape index (κ1) is 14.5. The second kappa shape index (κ2) is 6.52. The minimum atomic E-state index is -0.278. The van der Waals surface area contributed by atoms with Gasteiger partial charge in [0.25, 0.3) is 5.91 Å². The number of nitrogens with zero attached hydrogens (tertiary/aromatic N) is 1. The third-order valence-corrected chi connectivity index (χ3v) is 3.23. The molecule has 0 saturated heterocycles. The molecule has 1 amide bonds. The van der Waals surface area contributed by atoms with Crippen LogP contribution in [0.2, 0.25) is 0 Å². The van der Waals surface area contributed by atoms with Crippen molar-refractivity contribution in [1.82, 2.24) is 5.43 Å². The van der Waals surface area contributed by atoms with Gasteiger partial charge in [0.05, 0.1) is 12.8 Å². The number of carbonyl (C=O) groups excluding carboxylic acids is 1. The van der Waals surface area contributed by atoms with E-state index in [1.54, 1.807) is 24.3 Å². The fourth-order valence-electron chi connectivity index (χ4n) is 1.79. The lowest BCUT2D eigenvalue weighted by Gasteiger charge is -2.05. The first-order valence-electron chi connectivity index (χ1n) is 6.41. The summed E-state index contributed by atoms with van der Waals surface area (Å²) in [6.07, 6.45) is 1.42. The fraction of sp³-hybridized carbons (Fsp3) is 0.143. The summed E-state index contributed by atoms with van der Waals surface area (Å²) in [6.45, 7) is 0.301. The molecular formula is C14H12BrN3O4. The minimum Gasteiger partial charge on any atom is -0.454 e. The lowest BCUT2D eigenvalue weighted by atomic mass is 10.3. The maximum atomic E-state index is 11.7. The summed E-state index contributed by atoms with van der Waals surface area (Å²) in [6, 6.07) is 8.84. The maximum Gasteiger partial charge on any atom is 0.259 e. The van der Waals surface area contributed by atoms with Crippen LogP contribution in [0.1, 0.15) is 5.76 Å². The smallest absolute Gasteiger partial charge is 0.259 e. The Hall–Kier alpha value is -2.48. The Balaban J connectivity index is 1.47. The summed E-state index contributed by atoms with van der Waals surface area (Å²) in [4.78, 5) is 11.7. The number of nitrogens with one attached hydrogen (secondary N) is 2. The Morgan fingerprint density at radius 1 is 1.27 bits per heavy atom. The van der Waals surface area contributed by atoms with E-state index >= 15 is 0 Å². The van der Waals surface area contributed by atoms with Crippen molar-refractivity contribution in [1.29, 1.82) is 0 Å². The highest BCUT2D eigenvalue weighted by Gasteiger charge is 2.13. The van der Waals surface area contributed by atoms with Crippen LogP contribution in [-0.4, -0.2) is 25.5 Å². The zero-order valence-electron chi connectivity index (χ0n) is 11.3. The van der Waals surface area contributed by atoms with Crippen LogP contribution < -0.4 is 20.2 Å². The van der Waals surface area contributed by atoms with E-state index in [-0.39, 0.29) is 19.2 Å². The molecule has 0 saturated carbocycles. The molecule has 0 unspecified atom stereocenters. The summed E-state index contributed by atoms with van der Waals surface area (Å²) >= 11 is 3.18. The highest BCUT2D eigenvalue weighted by atomic mass is 79.9. The van der Waals surface area contributed by atoms with Gasteiger partial charge in [0.1, 0.15) is 5.76 Å². The largest absolute Gasteiger partial charge is 0.454 e. The van der Waals surface area contributed by atoms with Crippen molar-refractivity contribution in [3.63, 3.8) is 0 Å². The number of benzene rings is 1. The van der Waals surface area contributed by atoms with Gasteiger partial charge >= 0.3 is 0 Å². The molecule has 1 aromatic heterocycles. The topological polar surface area (TPSA) is 85.1 Å². The maximum absolute atomic E-state index is 11.7. The number of anilines is 1. The molecule has 1 aromatic carbocycles. The number of furan rings is 1. The zero-order valence-corrected chi connectivity index (χ0v) is 12.9. The first-order chi connectivity index (χ1) is 10.7. The van der Waals surface area contributed by atoms with Crippen LogP contribution in [0.25, 0.3) is 0 Å². The molecule has 22 heavy (non-hydrogen) atoms. The Labute approximate surface area is 134 Å². The minimum absolute atomic E-state index is 0.0822. The van der Waals surface area contributed by atoms with Gasteiger partial charge in [0.2, 0.25) is 6.79 Å². The molecular weight excluding hydrogens is 354 g/mol. The van der Waals surface area contributed by atoms with Crippen molar-refractivity contribution in [2.75, 3.05) is 18.7 Å². The van der Waals surface area contributed by atoms with Gasteiger partial charge in [0.15, 0.2) is 16.2 Å². The molecule has 0 radical (unpaired) electrons. The highest BCUT2D eigenvalue weighted by Crippen LogP contribution is 2.34. The van der Waals surface area contributed by atoms with Crippen molar-refractivity contribution in [2.24, 2.45) is 5.10 Å². The number of halogens is 1. The van der Waals surface area contributed by atoms with Gasteiger partial charge in [-0.15, -0.1) is 0 Å². The van der Waals surface area contributed by atoms with E-state index in [1.807, 2.05) is 6.07 Å². The molecule has 8 heteroatoms. The van der Waals surface area contributed by atoms with E-state index in [1.165, 1.54) is 6.21 Å². The lowest BCUT2D eigenvalue weighted by Crippen LogP contribution is -2.25. The summed E-state index contributed by atoms with van der Waals surface area (Å²) in [5, 5.41) is 6.78. The van der Waals surface area contributed by atoms with Crippen molar-refractivity contribution in [3.8, 4) is 11.5 Å². The van der Waals surface area contributed by atoms with E-state index in [2.05, 4.69) is 31.8 Å². The molecule has 0 bridgehead atoms. The number of rotatable bonds is 5. The fourth-order valence-corrected chi connectivity index (χ4v) is 2.11. The van der Waals surface area contributed by atoms with E-state index in [9.17, 15) is 4.79 Å². The van der Waals surface area contributed by atoms with Gasteiger partial charge < -0.3 is 19.2 Å². The number of amides is 1. The predicted molar refractivity (Wildman–Crippen MR) is 83.2 cm³/mol. The van der Waals surface area contributed by atoms with Crippen LogP contribution in [0, 0.1) is 0 Å². The monoisotopic (exact) mass is 365 g/mol. The average Bonchev–Trinajstić information content (AvgIpc) is 3.13. The molecule has 2 heterocycles. The van der Waals surface area contributed by atoms with Crippen LogP contribution in [0.4, 0.5) is 5.69 Å². The summed E-state index contributed by atoms with van der Waals surface area (Å²) in [5.74, 6) is 1.62. The summed E-state index contributed by atoms with van der Waals surface area (Å²) < 4.78 is 16.3.